The Hall–Kier alpha value is -1.80. The minimum atomic E-state index is -4.19. The maximum Gasteiger partial charge on any atom is 0.393 e. The molecule has 1 atom stereocenters. The second-order valence-corrected chi connectivity index (χ2v) is 7.63. The number of anilines is 2. The van der Waals surface area contributed by atoms with Gasteiger partial charge in [0.1, 0.15) is 0 Å². The number of hydrogen-bond donors (Lipinski definition) is 1. The van der Waals surface area contributed by atoms with E-state index in [1.807, 2.05) is 24.3 Å². The van der Waals surface area contributed by atoms with Crippen molar-refractivity contribution in [3.8, 4) is 0 Å². The van der Waals surface area contributed by atoms with E-state index in [9.17, 15) is 18.0 Å². The smallest absolute Gasteiger partial charge is 0.369 e. The van der Waals surface area contributed by atoms with Gasteiger partial charge < -0.3 is 15.1 Å². The van der Waals surface area contributed by atoms with Crippen LogP contribution in [0.5, 0.6) is 0 Å². The fraction of sp³-hybridized carbons (Fsp3) is 0.650. The van der Waals surface area contributed by atoms with Crippen molar-refractivity contribution in [3.05, 3.63) is 24.3 Å². The molecule has 1 amide bonds. The molecular weight excluding hydrogens is 369 g/mol. The van der Waals surface area contributed by atoms with E-state index in [1.165, 1.54) is 0 Å². The van der Waals surface area contributed by atoms with E-state index in [2.05, 4.69) is 22.0 Å². The van der Waals surface area contributed by atoms with Crippen molar-refractivity contribution in [2.45, 2.75) is 25.9 Å². The van der Waals surface area contributed by atoms with E-state index >= 15 is 0 Å². The molecule has 2 aliphatic heterocycles. The summed E-state index contributed by atoms with van der Waals surface area (Å²) in [7, 11) is 0. The van der Waals surface area contributed by atoms with Gasteiger partial charge in [-0.2, -0.15) is 13.2 Å². The summed E-state index contributed by atoms with van der Waals surface area (Å²) in [5.41, 5.74) is 1.79. The number of likely N-dealkylation sites (tertiary alicyclic amines) is 1. The third-order valence-corrected chi connectivity index (χ3v) is 5.67. The number of amides is 1. The number of alkyl halides is 3. The van der Waals surface area contributed by atoms with E-state index in [0.29, 0.717) is 18.7 Å². The van der Waals surface area contributed by atoms with E-state index in [4.69, 9.17) is 0 Å². The Labute approximate surface area is 164 Å². The first-order valence-corrected chi connectivity index (χ1v) is 10.0. The third kappa shape index (κ3) is 5.61. The van der Waals surface area contributed by atoms with E-state index in [0.717, 1.165) is 38.4 Å². The summed E-state index contributed by atoms with van der Waals surface area (Å²) < 4.78 is 38.7. The van der Waals surface area contributed by atoms with Crippen LogP contribution in [-0.2, 0) is 4.79 Å². The van der Waals surface area contributed by atoms with Crippen LogP contribution in [0.3, 0.4) is 0 Å². The van der Waals surface area contributed by atoms with Crippen LogP contribution in [0, 0.1) is 5.92 Å². The number of hydrogen-bond acceptors (Lipinski definition) is 4. The Bertz CT molecular complexity index is 642. The van der Waals surface area contributed by atoms with Crippen LogP contribution < -0.4 is 10.2 Å². The van der Waals surface area contributed by atoms with Crippen molar-refractivity contribution in [1.82, 2.24) is 9.80 Å². The third-order valence-electron chi connectivity index (χ3n) is 5.67. The Morgan fingerprint density at radius 1 is 1.07 bits per heavy atom. The Kier molecular flexibility index (Phi) is 6.82. The van der Waals surface area contributed by atoms with Gasteiger partial charge in [-0.25, -0.2) is 0 Å². The molecule has 1 aromatic rings. The second-order valence-electron chi connectivity index (χ2n) is 7.63. The van der Waals surface area contributed by atoms with Gasteiger partial charge in [0, 0.05) is 44.1 Å². The summed E-state index contributed by atoms with van der Waals surface area (Å²) in [4.78, 5) is 18.6. The zero-order valence-corrected chi connectivity index (χ0v) is 16.3. The lowest BCUT2D eigenvalue weighted by Gasteiger charge is -2.35. The van der Waals surface area contributed by atoms with Crippen molar-refractivity contribution in [2.75, 3.05) is 62.6 Å². The summed E-state index contributed by atoms with van der Waals surface area (Å²) in [6, 6.07) is 7.68. The van der Waals surface area contributed by atoms with Crippen molar-refractivity contribution in [3.63, 3.8) is 0 Å². The lowest BCUT2D eigenvalue weighted by Crippen LogP contribution is -2.46. The maximum absolute atomic E-state index is 12.9. The molecule has 0 spiro atoms. The average molecular weight is 398 g/mol. The molecule has 1 aromatic carbocycles. The molecule has 0 aromatic heterocycles. The number of piperazine rings is 1. The van der Waals surface area contributed by atoms with Crippen LogP contribution in [0.2, 0.25) is 0 Å². The molecule has 5 nitrogen and oxygen atoms in total. The Morgan fingerprint density at radius 2 is 1.75 bits per heavy atom. The highest BCUT2D eigenvalue weighted by Gasteiger charge is 2.41. The number of likely N-dealkylation sites (N-methyl/N-ethyl adjacent to an activating group) is 1. The van der Waals surface area contributed by atoms with E-state index < -0.39 is 12.1 Å². The standard InChI is InChI=1S/C20H29F3N4O/c1-2-25-10-12-27(13-11-25)18-7-5-17(6-8-18)24-19(28)15-26-9-3-4-16(14-26)20(21,22)23/h5-8,16H,2-4,9-15H2,1H3,(H,24,28). The molecule has 28 heavy (non-hydrogen) atoms. The maximum atomic E-state index is 12.9. The summed E-state index contributed by atoms with van der Waals surface area (Å²) >= 11 is 0. The molecule has 2 heterocycles. The topological polar surface area (TPSA) is 38.8 Å². The first-order chi connectivity index (χ1) is 13.3. The molecule has 2 fully saturated rings. The predicted octanol–water partition coefficient (Wildman–Crippen LogP) is 3.04. The zero-order valence-electron chi connectivity index (χ0n) is 16.3. The molecule has 8 heteroatoms. The summed E-state index contributed by atoms with van der Waals surface area (Å²) in [6.45, 7) is 7.71. The van der Waals surface area contributed by atoms with Crippen molar-refractivity contribution in [1.29, 1.82) is 0 Å². The van der Waals surface area contributed by atoms with Gasteiger partial charge in [0.25, 0.3) is 0 Å². The van der Waals surface area contributed by atoms with Gasteiger partial charge in [-0.15, -0.1) is 0 Å². The van der Waals surface area contributed by atoms with E-state index in [-0.39, 0.29) is 25.4 Å². The highest BCUT2D eigenvalue weighted by atomic mass is 19.4. The Balaban J connectivity index is 1.48. The van der Waals surface area contributed by atoms with Gasteiger partial charge in [0.2, 0.25) is 5.91 Å². The molecule has 1 unspecified atom stereocenters. The summed E-state index contributed by atoms with van der Waals surface area (Å²) in [5, 5.41) is 2.80. The van der Waals surface area contributed by atoms with Gasteiger partial charge in [-0.1, -0.05) is 6.92 Å². The monoisotopic (exact) mass is 398 g/mol. The van der Waals surface area contributed by atoms with Crippen LogP contribution in [0.15, 0.2) is 24.3 Å². The molecule has 0 bridgehead atoms. The average Bonchev–Trinajstić information content (AvgIpc) is 2.68. The van der Waals surface area contributed by atoms with Crippen molar-refractivity contribution >= 4 is 17.3 Å². The van der Waals surface area contributed by atoms with Crippen LogP contribution >= 0.6 is 0 Å². The number of nitrogens with one attached hydrogen (secondary N) is 1. The zero-order chi connectivity index (χ0) is 20.1. The molecular formula is C20H29F3N4O. The normalized spacial score (nSPS) is 22.3. The molecule has 0 radical (unpaired) electrons. The Morgan fingerprint density at radius 3 is 2.36 bits per heavy atom. The fourth-order valence-electron chi connectivity index (χ4n) is 3.95. The van der Waals surface area contributed by atoms with E-state index in [1.54, 1.807) is 4.90 Å². The first kappa shape index (κ1) is 20.9. The van der Waals surface area contributed by atoms with Crippen LogP contribution in [0.25, 0.3) is 0 Å². The lowest BCUT2D eigenvalue weighted by molar-refractivity contribution is -0.186. The largest absolute Gasteiger partial charge is 0.393 e. The molecule has 0 saturated carbocycles. The van der Waals surface area contributed by atoms with Crippen molar-refractivity contribution < 1.29 is 18.0 Å². The van der Waals surface area contributed by atoms with Gasteiger partial charge in [0.15, 0.2) is 0 Å². The SMILES string of the molecule is CCN1CCN(c2ccc(NC(=O)CN3CCCC(C(F)(F)F)C3)cc2)CC1. The number of nitrogens with zero attached hydrogens (tertiary/aromatic N) is 3. The van der Waals surface area contributed by atoms with Gasteiger partial charge in [-0.05, 0) is 50.2 Å². The fourth-order valence-corrected chi connectivity index (χ4v) is 3.95. The number of rotatable bonds is 5. The lowest BCUT2D eigenvalue weighted by atomic mass is 9.97. The van der Waals surface area contributed by atoms with Crippen molar-refractivity contribution in [2.24, 2.45) is 5.92 Å². The number of carbonyl (C=O) groups excluding carboxylic acids is 1. The number of piperidine rings is 1. The quantitative estimate of drug-likeness (QED) is 0.828. The van der Waals surface area contributed by atoms with Gasteiger partial charge in [-0.3, -0.25) is 9.69 Å². The molecule has 0 aliphatic carbocycles. The molecule has 2 aliphatic rings. The van der Waals surface area contributed by atoms with Gasteiger partial charge >= 0.3 is 6.18 Å². The molecule has 1 N–H and O–H groups in total. The van der Waals surface area contributed by atoms with Crippen LogP contribution in [0.4, 0.5) is 24.5 Å². The highest BCUT2D eigenvalue weighted by molar-refractivity contribution is 5.92. The first-order valence-electron chi connectivity index (χ1n) is 10.0. The van der Waals surface area contributed by atoms with Gasteiger partial charge in [0.05, 0.1) is 12.5 Å². The second kappa shape index (κ2) is 9.13. The molecule has 156 valence electrons. The summed E-state index contributed by atoms with van der Waals surface area (Å²) in [6.07, 6.45) is -3.57. The number of carbonyl (C=O) groups is 1. The molecule has 2 saturated heterocycles. The van der Waals surface area contributed by atoms with Crippen LogP contribution in [-0.4, -0.2) is 74.2 Å². The summed E-state index contributed by atoms with van der Waals surface area (Å²) in [5.74, 6) is -1.60. The minimum absolute atomic E-state index is 0.00664. The predicted molar refractivity (Wildman–Crippen MR) is 105 cm³/mol. The number of halogens is 3. The number of benzene rings is 1. The molecule has 3 rings (SSSR count). The highest BCUT2D eigenvalue weighted by Crippen LogP contribution is 2.33. The van der Waals surface area contributed by atoms with Crippen LogP contribution in [0.1, 0.15) is 19.8 Å². The minimum Gasteiger partial charge on any atom is -0.369 e.